The van der Waals surface area contributed by atoms with E-state index in [-0.39, 0.29) is 12.1 Å². The third-order valence-corrected chi connectivity index (χ3v) is 5.64. The number of carbonyl (C=O) groups is 1. The molecular weight excluding hydrogens is 336 g/mol. The van der Waals surface area contributed by atoms with Crippen molar-refractivity contribution in [1.29, 1.82) is 0 Å². The minimum Gasteiger partial charge on any atom is -0.329 e. The fourth-order valence-electron chi connectivity index (χ4n) is 3.08. The van der Waals surface area contributed by atoms with E-state index in [1.54, 1.807) is 22.0 Å². The van der Waals surface area contributed by atoms with E-state index < -0.39 is 0 Å². The van der Waals surface area contributed by atoms with E-state index in [0.717, 1.165) is 17.8 Å². The van der Waals surface area contributed by atoms with Crippen LogP contribution in [-0.4, -0.2) is 25.6 Å². The quantitative estimate of drug-likeness (QED) is 0.754. The standard InChI is InChI=1S/C17H20N6OS/c1-10(16-20-12-6-3-4-8-14(12)25-16)18-17(24)21-13-7-5-9-23-15(13)19-11(2)22-23/h5,7,9-10H,3-4,6,8H2,1-2H3,(H2,18,21,24)/t10-/m0/s1. The first-order chi connectivity index (χ1) is 12.1. The number of nitrogens with one attached hydrogen (secondary N) is 2. The van der Waals surface area contributed by atoms with Gasteiger partial charge in [0.25, 0.3) is 0 Å². The van der Waals surface area contributed by atoms with Crippen LogP contribution in [0.1, 0.15) is 47.2 Å². The predicted molar refractivity (Wildman–Crippen MR) is 97.0 cm³/mol. The second-order valence-corrected chi connectivity index (χ2v) is 7.41. The smallest absolute Gasteiger partial charge is 0.319 e. The highest BCUT2D eigenvalue weighted by Gasteiger charge is 2.20. The summed E-state index contributed by atoms with van der Waals surface area (Å²) >= 11 is 1.72. The number of carbonyl (C=O) groups excluding carboxylic acids is 1. The van der Waals surface area contributed by atoms with Gasteiger partial charge in [-0.1, -0.05) is 0 Å². The lowest BCUT2D eigenvalue weighted by molar-refractivity contribution is 0.249. The number of fused-ring (bicyclic) bond motifs is 2. The molecule has 4 rings (SSSR count). The Morgan fingerprint density at radius 3 is 3.00 bits per heavy atom. The number of hydrogen-bond donors (Lipinski definition) is 2. The minimum atomic E-state index is -0.269. The van der Waals surface area contributed by atoms with Gasteiger partial charge in [0.1, 0.15) is 10.8 Å². The van der Waals surface area contributed by atoms with Crippen LogP contribution in [0.2, 0.25) is 0 Å². The van der Waals surface area contributed by atoms with Crippen molar-refractivity contribution in [3.8, 4) is 0 Å². The predicted octanol–water partition coefficient (Wildman–Crippen LogP) is 3.26. The van der Waals surface area contributed by atoms with Crippen molar-refractivity contribution in [3.63, 3.8) is 0 Å². The Balaban J connectivity index is 1.47. The lowest BCUT2D eigenvalue weighted by Crippen LogP contribution is -2.31. The van der Waals surface area contributed by atoms with Gasteiger partial charge in [-0.25, -0.2) is 19.3 Å². The second kappa shape index (κ2) is 6.44. The highest BCUT2D eigenvalue weighted by atomic mass is 32.1. The number of hydrogen-bond acceptors (Lipinski definition) is 5. The average Bonchev–Trinajstić information content (AvgIpc) is 3.17. The van der Waals surface area contributed by atoms with Gasteiger partial charge in [0.05, 0.1) is 17.4 Å². The Hall–Kier alpha value is -2.48. The topological polar surface area (TPSA) is 84.2 Å². The average molecular weight is 356 g/mol. The van der Waals surface area contributed by atoms with Gasteiger partial charge in [-0.2, -0.15) is 5.10 Å². The highest BCUT2D eigenvalue weighted by Crippen LogP contribution is 2.29. The van der Waals surface area contributed by atoms with Crippen LogP contribution in [-0.2, 0) is 12.8 Å². The van der Waals surface area contributed by atoms with E-state index in [1.165, 1.54) is 23.4 Å². The molecule has 0 radical (unpaired) electrons. The third kappa shape index (κ3) is 3.21. The largest absolute Gasteiger partial charge is 0.329 e. The molecule has 1 aliphatic carbocycles. The van der Waals surface area contributed by atoms with E-state index in [1.807, 2.05) is 26.0 Å². The van der Waals surface area contributed by atoms with E-state index >= 15 is 0 Å². The molecule has 0 bridgehead atoms. The monoisotopic (exact) mass is 356 g/mol. The van der Waals surface area contributed by atoms with Crippen molar-refractivity contribution in [2.75, 3.05) is 5.32 Å². The molecule has 2 amide bonds. The number of pyridine rings is 1. The molecule has 2 N–H and O–H groups in total. The van der Waals surface area contributed by atoms with Crippen LogP contribution in [0.25, 0.3) is 5.65 Å². The molecule has 1 atom stereocenters. The van der Waals surface area contributed by atoms with Gasteiger partial charge < -0.3 is 10.6 Å². The molecule has 0 saturated heterocycles. The van der Waals surface area contributed by atoms with Crippen LogP contribution < -0.4 is 10.6 Å². The maximum atomic E-state index is 12.4. The van der Waals surface area contributed by atoms with E-state index in [0.29, 0.717) is 17.2 Å². The molecule has 0 unspecified atom stereocenters. The van der Waals surface area contributed by atoms with E-state index in [4.69, 9.17) is 4.98 Å². The molecule has 3 aromatic heterocycles. The number of rotatable bonds is 3. The van der Waals surface area contributed by atoms with Crippen LogP contribution in [0.5, 0.6) is 0 Å². The van der Waals surface area contributed by atoms with Crippen molar-refractivity contribution in [3.05, 3.63) is 39.7 Å². The summed E-state index contributed by atoms with van der Waals surface area (Å²) in [6.45, 7) is 3.79. The lowest BCUT2D eigenvalue weighted by atomic mass is 10.0. The SMILES string of the molecule is Cc1nc2c(NC(=O)N[C@@H](C)c3nc4c(s3)CCCC4)cccn2n1. The van der Waals surface area contributed by atoms with Gasteiger partial charge in [0.2, 0.25) is 0 Å². The number of nitrogens with zero attached hydrogens (tertiary/aromatic N) is 4. The van der Waals surface area contributed by atoms with Crippen molar-refractivity contribution in [2.24, 2.45) is 0 Å². The van der Waals surface area contributed by atoms with Crippen molar-refractivity contribution in [2.45, 2.75) is 45.6 Å². The van der Waals surface area contributed by atoms with Gasteiger partial charge in [0, 0.05) is 11.1 Å². The van der Waals surface area contributed by atoms with Gasteiger partial charge in [-0.05, 0) is 51.7 Å². The zero-order valence-electron chi connectivity index (χ0n) is 14.2. The van der Waals surface area contributed by atoms with Crippen LogP contribution in [0.15, 0.2) is 18.3 Å². The zero-order valence-corrected chi connectivity index (χ0v) is 15.1. The molecule has 0 fully saturated rings. The molecule has 7 nitrogen and oxygen atoms in total. The van der Waals surface area contributed by atoms with Gasteiger partial charge in [0.15, 0.2) is 5.65 Å². The summed E-state index contributed by atoms with van der Waals surface area (Å²) in [7, 11) is 0. The number of anilines is 1. The highest BCUT2D eigenvalue weighted by molar-refractivity contribution is 7.11. The Morgan fingerprint density at radius 2 is 2.16 bits per heavy atom. The zero-order chi connectivity index (χ0) is 17.4. The number of thiazole rings is 1. The lowest BCUT2D eigenvalue weighted by Gasteiger charge is -2.12. The molecule has 0 saturated carbocycles. The second-order valence-electron chi connectivity index (χ2n) is 6.30. The summed E-state index contributed by atoms with van der Waals surface area (Å²) in [4.78, 5) is 22.8. The molecule has 3 aromatic rings. The van der Waals surface area contributed by atoms with Gasteiger partial charge in [-0.3, -0.25) is 0 Å². The maximum absolute atomic E-state index is 12.4. The number of urea groups is 1. The fraction of sp³-hybridized carbons (Fsp3) is 0.412. The summed E-state index contributed by atoms with van der Waals surface area (Å²) in [5.41, 5.74) is 2.47. The van der Waals surface area contributed by atoms with Crippen LogP contribution >= 0.6 is 11.3 Å². The van der Waals surface area contributed by atoms with E-state index in [9.17, 15) is 4.79 Å². The first kappa shape index (κ1) is 16.0. The van der Waals surface area contributed by atoms with Gasteiger partial charge >= 0.3 is 6.03 Å². The maximum Gasteiger partial charge on any atom is 0.319 e. The van der Waals surface area contributed by atoms with Gasteiger partial charge in [-0.15, -0.1) is 11.3 Å². The first-order valence-corrected chi connectivity index (χ1v) is 9.30. The number of aromatic nitrogens is 4. The number of amides is 2. The molecule has 0 spiro atoms. The molecular formula is C17H20N6OS. The third-order valence-electron chi connectivity index (χ3n) is 4.30. The van der Waals surface area contributed by atoms with Crippen molar-refractivity contribution in [1.82, 2.24) is 24.9 Å². The molecule has 1 aliphatic rings. The minimum absolute atomic E-state index is 0.130. The molecule has 0 aliphatic heterocycles. The molecule has 0 aromatic carbocycles. The molecule has 130 valence electrons. The van der Waals surface area contributed by atoms with Crippen molar-refractivity contribution < 1.29 is 4.79 Å². The summed E-state index contributed by atoms with van der Waals surface area (Å²) in [5.74, 6) is 0.663. The summed E-state index contributed by atoms with van der Waals surface area (Å²) < 4.78 is 1.66. The van der Waals surface area contributed by atoms with Crippen LogP contribution in [0.3, 0.4) is 0 Å². The normalized spacial score (nSPS) is 15.0. The Morgan fingerprint density at radius 1 is 1.32 bits per heavy atom. The first-order valence-electron chi connectivity index (χ1n) is 8.48. The number of aryl methyl sites for hydroxylation is 3. The molecule has 25 heavy (non-hydrogen) atoms. The summed E-state index contributed by atoms with van der Waals surface area (Å²) in [5, 5.41) is 11.1. The van der Waals surface area contributed by atoms with Crippen LogP contribution in [0.4, 0.5) is 10.5 Å². The molecule has 3 heterocycles. The fourth-order valence-corrected chi connectivity index (χ4v) is 4.24. The summed E-state index contributed by atoms with van der Waals surface area (Å²) in [6.07, 6.45) is 6.42. The van der Waals surface area contributed by atoms with Crippen LogP contribution in [0, 0.1) is 6.92 Å². The Bertz CT molecular complexity index is 907. The Kier molecular flexibility index (Phi) is 4.12. The van der Waals surface area contributed by atoms with Crippen molar-refractivity contribution >= 4 is 28.7 Å². The summed E-state index contributed by atoms with van der Waals surface area (Å²) in [6, 6.07) is 3.24. The van der Waals surface area contributed by atoms with E-state index in [2.05, 4.69) is 20.7 Å². The Labute approximate surface area is 149 Å². The molecule has 8 heteroatoms.